The summed E-state index contributed by atoms with van der Waals surface area (Å²) >= 11 is 0. The van der Waals surface area contributed by atoms with E-state index in [2.05, 4.69) is 15.4 Å². The van der Waals surface area contributed by atoms with Crippen molar-refractivity contribution < 1.29 is 28.6 Å². The predicted molar refractivity (Wildman–Crippen MR) is 121 cm³/mol. The lowest BCUT2D eigenvalue weighted by molar-refractivity contribution is -0.140. The van der Waals surface area contributed by atoms with E-state index in [9.17, 15) is 14.4 Å². The van der Waals surface area contributed by atoms with Gasteiger partial charge in [0.05, 0.1) is 13.7 Å². The third-order valence-corrected chi connectivity index (χ3v) is 4.21. The van der Waals surface area contributed by atoms with Crippen LogP contribution < -0.4 is 15.4 Å². The van der Waals surface area contributed by atoms with E-state index in [1.165, 1.54) is 7.11 Å². The second kappa shape index (κ2) is 11.7. The first-order chi connectivity index (χ1) is 15.2. The summed E-state index contributed by atoms with van der Waals surface area (Å²) in [5.74, 6) is 0.0852. The van der Waals surface area contributed by atoms with Crippen molar-refractivity contribution in [3.8, 4) is 5.75 Å². The molecule has 172 valence electrons. The van der Waals surface area contributed by atoms with E-state index in [4.69, 9.17) is 9.47 Å². The number of amides is 2. The van der Waals surface area contributed by atoms with E-state index < -0.39 is 11.7 Å². The number of alkyl carbamates (subject to hydrolysis) is 1. The van der Waals surface area contributed by atoms with Crippen molar-refractivity contribution in [2.45, 2.75) is 39.2 Å². The monoisotopic (exact) mass is 442 g/mol. The zero-order chi connectivity index (χ0) is 23.6. The molecule has 0 aliphatic rings. The van der Waals surface area contributed by atoms with Crippen LogP contribution in [0.3, 0.4) is 0 Å². The standard InChI is InChI=1S/C24H30N2O6/c1-24(2,3)32-23(29)25-15-16-31-20-12-8-18(9-13-20)22(28)26-19-10-5-17(6-11-19)7-14-21(27)30-4/h5-6,8-13H,7,14-16H2,1-4H3,(H,25,29)(H,26,28). The van der Waals surface area contributed by atoms with Gasteiger partial charge >= 0.3 is 12.1 Å². The van der Waals surface area contributed by atoms with E-state index in [-0.39, 0.29) is 18.5 Å². The number of carbonyl (C=O) groups excluding carboxylic acids is 3. The minimum atomic E-state index is -0.548. The van der Waals surface area contributed by atoms with Crippen LogP contribution in [0.15, 0.2) is 48.5 Å². The summed E-state index contributed by atoms with van der Waals surface area (Å²) in [7, 11) is 1.36. The van der Waals surface area contributed by atoms with Crippen LogP contribution in [0.4, 0.5) is 10.5 Å². The van der Waals surface area contributed by atoms with Crippen molar-refractivity contribution in [3.05, 3.63) is 59.7 Å². The average molecular weight is 443 g/mol. The van der Waals surface area contributed by atoms with Crippen molar-refractivity contribution in [2.24, 2.45) is 0 Å². The van der Waals surface area contributed by atoms with Gasteiger partial charge in [0.1, 0.15) is 18.0 Å². The molecule has 2 aromatic carbocycles. The number of methoxy groups -OCH3 is 1. The first-order valence-corrected chi connectivity index (χ1v) is 10.3. The lowest BCUT2D eigenvalue weighted by atomic mass is 10.1. The maximum atomic E-state index is 12.4. The number of hydrogen-bond donors (Lipinski definition) is 2. The van der Waals surface area contributed by atoms with E-state index in [0.29, 0.717) is 36.4 Å². The molecule has 0 aliphatic carbocycles. The van der Waals surface area contributed by atoms with Gasteiger partial charge in [-0.15, -0.1) is 0 Å². The summed E-state index contributed by atoms with van der Waals surface area (Å²) < 4.78 is 15.3. The van der Waals surface area contributed by atoms with Crippen LogP contribution in [0, 0.1) is 0 Å². The highest BCUT2D eigenvalue weighted by Gasteiger charge is 2.15. The second-order valence-corrected chi connectivity index (χ2v) is 8.03. The molecule has 2 amide bonds. The fraction of sp³-hybridized carbons (Fsp3) is 0.375. The minimum absolute atomic E-state index is 0.245. The molecule has 0 saturated carbocycles. The Morgan fingerprint density at radius 3 is 2.19 bits per heavy atom. The average Bonchev–Trinajstić information content (AvgIpc) is 2.75. The fourth-order valence-electron chi connectivity index (χ4n) is 2.65. The molecule has 0 aromatic heterocycles. The molecule has 0 aliphatic heterocycles. The van der Waals surface area contributed by atoms with Crippen LogP contribution in [0.5, 0.6) is 5.75 Å². The molecule has 0 saturated heterocycles. The summed E-state index contributed by atoms with van der Waals surface area (Å²) in [5.41, 5.74) is 1.58. The minimum Gasteiger partial charge on any atom is -0.492 e. The third-order valence-electron chi connectivity index (χ3n) is 4.21. The van der Waals surface area contributed by atoms with Crippen molar-refractivity contribution in [2.75, 3.05) is 25.6 Å². The smallest absolute Gasteiger partial charge is 0.407 e. The van der Waals surface area contributed by atoms with Gasteiger partial charge in [-0.3, -0.25) is 9.59 Å². The van der Waals surface area contributed by atoms with Gasteiger partial charge < -0.3 is 24.8 Å². The Balaban J connectivity index is 1.77. The van der Waals surface area contributed by atoms with Crippen LogP contribution in [-0.4, -0.2) is 43.8 Å². The predicted octanol–water partition coefficient (Wildman–Crippen LogP) is 3.95. The van der Waals surface area contributed by atoms with Gasteiger partial charge in [0.2, 0.25) is 0 Å². The summed E-state index contributed by atoms with van der Waals surface area (Å²) in [5, 5.41) is 5.44. The maximum Gasteiger partial charge on any atom is 0.407 e. The van der Waals surface area contributed by atoms with Gasteiger partial charge in [-0.05, 0) is 69.2 Å². The molecule has 2 N–H and O–H groups in total. The zero-order valence-electron chi connectivity index (χ0n) is 18.9. The van der Waals surface area contributed by atoms with Crippen molar-refractivity contribution in [1.82, 2.24) is 5.32 Å². The normalized spacial score (nSPS) is 10.8. The lowest BCUT2D eigenvalue weighted by Gasteiger charge is -2.19. The summed E-state index contributed by atoms with van der Waals surface area (Å²) in [6.45, 7) is 5.95. The molecule has 2 aromatic rings. The van der Waals surface area contributed by atoms with Gasteiger partial charge in [0, 0.05) is 17.7 Å². The molecule has 0 atom stereocenters. The number of esters is 1. The molecule has 0 radical (unpaired) electrons. The van der Waals surface area contributed by atoms with Crippen LogP contribution in [0.1, 0.15) is 43.1 Å². The number of ether oxygens (including phenoxy) is 3. The molecule has 8 nitrogen and oxygen atoms in total. The molecular formula is C24H30N2O6. The first kappa shape index (κ1) is 24.7. The van der Waals surface area contributed by atoms with Gasteiger partial charge in [-0.2, -0.15) is 0 Å². The molecule has 0 spiro atoms. The van der Waals surface area contributed by atoms with Crippen LogP contribution in [-0.2, 0) is 20.7 Å². The number of benzene rings is 2. The number of carbonyl (C=O) groups is 3. The number of aryl methyl sites for hydroxylation is 1. The van der Waals surface area contributed by atoms with E-state index >= 15 is 0 Å². The second-order valence-electron chi connectivity index (χ2n) is 8.03. The third kappa shape index (κ3) is 9.07. The maximum absolute atomic E-state index is 12.4. The molecule has 8 heteroatoms. The molecule has 0 fully saturated rings. The molecule has 0 bridgehead atoms. The summed E-state index contributed by atoms with van der Waals surface area (Å²) in [6, 6.07) is 14.0. The van der Waals surface area contributed by atoms with Gasteiger partial charge in [-0.25, -0.2) is 4.79 Å². The van der Waals surface area contributed by atoms with E-state index in [1.54, 1.807) is 57.2 Å². The Morgan fingerprint density at radius 1 is 0.938 bits per heavy atom. The van der Waals surface area contributed by atoms with Crippen molar-refractivity contribution >= 4 is 23.7 Å². The molecule has 0 heterocycles. The quantitative estimate of drug-likeness (QED) is 0.450. The SMILES string of the molecule is COC(=O)CCc1ccc(NC(=O)c2ccc(OCCNC(=O)OC(C)(C)C)cc2)cc1. The van der Waals surface area contributed by atoms with Crippen LogP contribution >= 0.6 is 0 Å². The van der Waals surface area contributed by atoms with Gasteiger partial charge in [0.15, 0.2) is 0 Å². The largest absolute Gasteiger partial charge is 0.492 e. The van der Waals surface area contributed by atoms with Crippen LogP contribution in [0.25, 0.3) is 0 Å². The summed E-state index contributed by atoms with van der Waals surface area (Å²) in [4.78, 5) is 35.2. The van der Waals surface area contributed by atoms with E-state index in [0.717, 1.165) is 5.56 Å². The topological polar surface area (TPSA) is 103 Å². The van der Waals surface area contributed by atoms with Gasteiger partial charge in [0.25, 0.3) is 5.91 Å². The Labute approximate surface area is 188 Å². The highest BCUT2D eigenvalue weighted by atomic mass is 16.6. The Morgan fingerprint density at radius 2 is 1.59 bits per heavy atom. The molecule has 0 unspecified atom stereocenters. The Kier molecular flexibility index (Phi) is 9.07. The van der Waals surface area contributed by atoms with Crippen molar-refractivity contribution in [1.29, 1.82) is 0 Å². The van der Waals surface area contributed by atoms with Crippen molar-refractivity contribution in [3.63, 3.8) is 0 Å². The Hall–Kier alpha value is -3.55. The molecule has 2 rings (SSSR count). The van der Waals surface area contributed by atoms with E-state index in [1.807, 2.05) is 12.1 Å². The Bertz CT molecular complexity index is 902. The summed E-state index contributed by atoms with van der Waals surface area (Å²) in [6.07, 6.45) is 0.396. The number of hydrogen-bond acceptors (Lipinski definition) is 6. The number of nitrogens with one attached hydrogen (secondary N) is 2. The zero-order valence-corrected chi connectivity index (χ0v) is 18.9. The highest BCUT2D eigenvalue weighted by molar-refractivity contribution is 6.04. The number of rotatable bonds is 9. The van der Waals surface area contributed by atoms with Crippen LogP contribution in [0.2, 0.25) is 0 Å². The molecular weight excluding hydrogens is 412 g/mol. The van der Waals surface area contributed by atoms with Gasteiger partial charge in [-0.1, -0.05) is 12.1 Å². The highest BCUT2D eigenvalue weighted by Crippen LogP contribution is 2.16. The lowest BCUT2D eigenvalue weighted by Crippen LogP contribution is -2.34. The fourth-order valence-corrected chi connectivity index (χ4v) is 2.65. The molecule has 32 heavy (non-hydrogen) atoms. The number of anilines is 1. The first-order valence-electron chi connectivity index (χ1n) is 10.3.